The first-order valence-corrected chi connectivity index (χ1v) is 5.61. The second-order valence-corrected chi connectivity index (χ2v) is 3.79. The molecule has 0 heterocycles. The molecule has 0 aromatic carbocycles. The van der Waals surface area contributed by atoms with Gasteiger partial charge in [-0.2, -0.15) is 0 Å². The van der Waals surface area contributed by atoms with Gasteiger partial charge in [-0.1, -0.05) is 26.2 Å². The van der Waals surface area contributed by atoms with E-state index in [4.69, 9.17) is 5.11 Å². The van der Waals surface area contributed by atoms with E-state index in [1.807, 2.05) is 6.92 Å². The summed E-state index contributed by atoms with van der Waals surface area (Å²) in [4.78, 5) is 11.2. The molecule has 1 amide bonds. The molecule has 0 saturated carbocycles. The number of rotatable bonds is 8. The standard InChI is InChI=1S/C11H23NO2/c1-3-4-5-7-10(2)12-11(14)8-6-9-13/h10,13H,3-9H2,1-2H3,(H,12,14). The second kappa shape index (κ2) is 9.00. The number of amides is 1. The molecule has 1 unspecified atom stereocenters. The molecule has 0 aromatic rings. The van der Waals surface area contributed by atoms with Crippen molar-refractivity contribution in [3.05, 3.63) is 0 Å². The minimum absolute atomic E-state index is 0.0584. The van der Waals surface area contributed by atoms with Crippen LogP contribution in [-0.4, -0.2) is 23.7 Å². The molecule has 84 valence electrons. The molecule has 1 atom stereocenters. The van der Waals surface area contributed by atoms with Gasteiger partial charge in [0.05, 0.1) is 0 Å². The van der Waals surface area contributed by atoms with Crippen molar-refractivity contribution in [2.75, 3.05) is 6.61 Å². The molecular formula is C11H23NO2. The summed E-state index contributed by atoms with van der Waals surface area (Å²) in [6.07, 6.45) is 5.68. The fourth-order valence-electron chi connectivity index (χ4n) is 1.36. The molecule has 3 heteroatoms. The molecule has 0 fully saturated rings. The van der Waals surface area contributed by atoms with Crippen molar-refractivity contribution in [2.45, 2.75) is 58.4 Å². The van der Waals surface area contributed by atoms with Crippen molar-refractivity contribution in [1.82, 2.24) is 5.32 Å². The molecule has 0 aliphatic carbocycles. The highest BCUT2D eigenvalue weighted by molar-refractivity contribution is 5.76. The Morgan fingerprint density at radius 1 is 1.36 bits per heavy atom. The molecule has 0 saturated heterocycles. The quantitative estimate of drug-likeness (QED) is 0.589. The Hall–Kier alpha value is -0.570. The minimum atomic E-state index is 0.0584. The lowest BCUT2D eigenvalue weighted by Crippen LogP contribution is -2.32. The number of carbonyl (C=O) groups is 1. The Bertz CT molecular complexity index is 148. The molecule has 2 N–H and O–H groups in total. The van der Waals surface area contributed by atoms with E-state index in [2.05, 4.69) is 12.2 Å². The van der Waals surface area contributed by atoms with Crippen LogP contribution in [0.3, 0.4) is 0 Å². The highest BCUT2D eigenvalue weighted by atomic mass is 16.3. The molecular weight excluding hydrogens is 178 g/mol. The molecule has 3 nitrogen and oxygen atoms in total. The third-order valence-corrected chi connectivity index (χ3v) is 2.21. The van der Waals surface area contributed by atoms with Crippen molar-refractivity contribution in [3.8, 4) is 0 Å². The summed E-state index contributed by atoms with van der Waals surface area (Å²) in [5.74, 6) is 0.0584. The topological polar surface area (TPSA) is 49.3 Å². The summed E-state index contributed by atoms with van der Waals surface area (Å²) in [7, 11) is 0. The summed E-state index contributed by atoms with van der Waals surface area (Å²) in [6, 6.07) is 0.271. The summed E-state index contributed by atoms with van der Waals surface area (Å²) >= 11 is 0. The smallest absolute Gasteiger partial charge is 0.220 e. The van der Waals surface area contributed by atoms with E-state index >= 15 is 0 Å². The predicted octanol–water partition coefficient (Wildman–Crippen LogP) is 1.84. The van der Waals surface area contributed by atoms with Crippen LogP contribution in [0.1, 0.15) is 52.4 Å². The molecule has 0 rings (SSSR count). The van der Waals surface area contributed by atoms with Crippen molar-refractivity contribution in [3.63, 3.8) is 0 Å². The zero-order chi connectivity index (χ0) is 10.8. The van der Waals surface area contributed by atoms with Gasteiger partial charge in [-0.15, -0.1) is 0 Å². The van der Waals surface area contributed by atoms with Crippen LogP contribution in [0.5, 0.6) is 0 Å². The van der Waals surface area contributed by atoms with Gasteiger partial charge in [-0.3, -0.25) is 4.79 Å². The first kappa shape index (κ1) is 13.4. The summed E-state index contributed by atoms with van der Waals surface area (Å²) in [5, 5.41) is 11.5. The largest absolute Gasteiger partial charge is 0.396 e. The maximum absolute atomic E-state index is 11.2. The van der Waals surface area contributed by atoms with Crippen LogP contribution in [-0.2, 0) is 4.79 Å². The Labute approximate surface area is 86.9 Å². The monoisotopic (exact) mass is 201 g/mol. The van der Waals surface area contributed by atoms with Gasteiger partial charge < -0.3 is 10.4 Å². The summed E-state index contributed by atoms with van der Waals surface area (Å²) in [5.41, 5.74) is 0. The van der Waals surface area contributed by atoms with E-state index in [1.54, 1.807) is 0 Å². The number of unbranched alkanes of at least 4 members (excludes halogenated alkanes) is 2. The SMILES string of the molecule is CCCCCC(C)NC(=O)CCCO. The van der Waals surface area contributed by atoms with E-state index in [0.717, 1.165) is 6.42 Å². The van der Waals surface area contributed by atoms with Crippen molar-refractivity contribution in [2.24, 2.45) is 0 Å². The van der Waals surface area contributed by atoms with Crippen LogP contribution in [0.15, 0.2) is 0 Å². The zero-order valence-electron chi connectivity index (χ0n) is 9.38. The average Bonchev–Trinajstić information content (AvgIpc) is 2.15. The van der Waals surface area contributed by atoms with Gasteiger partial charge in [0.15, 0.2) is 0 Å². The van der Waals surface area contributed by atoms with Crippen LogP contribution in [0.4, 0.5) is 0 Å². The van der Waals surface area contributed by atoms with Crippen molar-refractivity contribution < 1.29 is 9.90 Å². The molecule has 0 bridgehead atoms. The van der Waals surface area contributed by atoms with E-state index in [-0.39, 0.29) is 18.6 Å². The van der Waals surface area contributed by atoms with E-state index < -0.39 is 0 Å². The van der Waals surface area contributed by atoms with Gasteiger partial charge in [-0.05, 0) is 19.8 Å². The Balaban J connectivity index is 3.40. The number of hydrogen-bond acceptors (Lipinski definition) is 2. The van der Waals surface area contributed by atoms with Crippen molar-refractivity contribution >= 4 is 5.91 Å². The normalized spacial score (nSPS) is 12.5. The zero-order valence-corrected chi connectivity index (χ0v) is 9.38. The molecule has 0 radical (unpaired) electrons. The molecule has 14 heavy (non-hydrogen) atoms. The maximum atomic E-state index is 11.2. The number of carbonyl (C=O) groups excluding carboxylic acids is 1. The number of aliphatic hydroxyl groups excluding tert-OH is 1. The predicted molar refractivity (Wildman–Crippen MR) is 58.1 cm³/mol. The lowest BCUT2D eigenvalue weighted by atomic mass is 10.1. The first-order chi connectivity index (χ1) is 6.70. The van der Waals surface area contributed by atoms with Crippen LogP contribution in [0, 0.1) is 0 Å². The van der Waals surface area contributed by atoms with Gasteiger partial charge >= 0.3 is 0 Å². The third-order valence-electron chi connectivity index (χ3n) is 2.21. The molecule has 0 spiro atoms. The highest BCUT2D eigenvalue weighted by Gasteiger charge is 2.05. The van der Waals surface area contributed by atoms with Gasteiger partial charge in [0, 0.05) is 19.1 Å². The molecule has 0 aliphatic rings. The first-order valence-electron chi connectivity index (χ1n) is 5.61. The molecule has 0 aromatic heterocycles. The second-order valence-electron chi connectivity index (χ2n) is 3.79. The van der Waals surface area contributed by atoms with Gasteiger partial charge in [0.25, 0.3) is 0 Å². The minimum Gasteiger partial charge on any atom is -0.396 e. The van der Waals surface area contributed by atoms with Crippen LogP contribution >= 0.6 is 0 Å². The van der Waals surface area contributed by atoms with Gasteiger partial charge in [0.1, 0.15) is 0 Å². The van der Waals surface area contributed by atoms with Gasteiger partial charge in [-0.25, -0.2) is 0 Å². The number of hydrogen-bond donors (Lipinski definition) is 2. The Morgan fingerprint density at radius 3 is 2.64 bits per heavy atom. The highest BCUT2D eigenvalue weighted by Crippen LogP contribution is 2.03. The lowest BCUT2D eigenvalue weighted by Gasteiger charge is -2.13. The Morgan fingerprint density at radius 2 is 2.07 bits per heavy atom. The lowest BCUT2D eigenvalue weighted by molar-refractivity contribution is -0.122. The Kier molecular flexibility index (Phi) is 8.64. The fourth-order valence-corrected chi connectivity index (χ4v) is 1.36. The van der Waals surface area contributed by atoms with Crippen LogP contribution in [0.2, 0.25) is 0 Å². The summed E-state index contributed by atoms with van der Waals surface area (Å²) < 4.78 is 0. The van der Waals surface area contributed by atoms with Crippen molar-refractivity contribution in [1.29, 1.82) is 0 Å². The van der Waals surface area contributed by atoms with E-state index in [0.29, 0.717) is 12.8 Å². The summed E-state index contributed by atoms with van der Waals surface area (Å²) in [6.45, 7) is 4.30. The maximum Gasteiger partial charge on any atom is 0.220 e. The number of nitrogens with one attached hydrogen (secondary N) is 1. The number of aliphatic hydroxyl groups is 1. The van der Waals surface area contributed by atoms with Crippen LogP contribution in [0.25, 0.3) is 0 Å². The average molecular weight is 201 g/mol. The third kappa shape index (κ3) is 8.05. The van der Waals surface area contributed by atoms with E-state index in [1.165, 1.54) is 19.3 Å². The van der Waals surface area contributed by atoms with E-state index in [9.17, 15) is 4.79 Å². The fraction of sp³-hybridized carbons (Fsp3) is 0.909. The molecule has 0 aliphatic heterocycles. The van der Waals surface area contributed by atoms with Crippen LogP contribution < -0.4 is 5.32 Å². The van der Waals surface area contributed by atoms with Gasteiger partial charge in [0.2, 0.25) is 5.91 Å².